The Bertz CT molecular complexity index is 1260. The summed E-state index contributed by atoms with van der Waals surface area (Å²) in [5.41, 5.74) is 3.55. The number of aromatic amines is 1. The Morgan fingerprint density at radius 2 is 1.71 bits per heavy atom. The Labute approximate surface area is 176 Å². The van der Waals surface area contributed by atoms with Crippen molar-refractivity contribution < 1.29 is 23.0 Å². The van der Waals surface area contributed by atoms with Gasteiger partial charge in [-0.05, 0) is 36.8 Å². The molecular formula is C23H19F2N3O3. The fraction of sp³-hybridized carbons (Fsp3) is 0.130. The molecule has 1 amide bonds. The normalized spacial score (nSPS) is 10.9. The molecule has 0 atom stereocenters. The lowest BCUT2D eigenvalue weighted by Crippen LogP contribution is -2.13. The number of anilines is 1. The summed E-state index contributed by atoms with van der Waals surface area (Å²) in [4.78, 5) is 20.3. The number of H-pyrrole nitrogens is 1. The summed E-state index contributed by atoms with van der Waals surface area (Å²) in [6, 6.07) is 12.1. The zero-order valence-corrected chi connectivity index (χ0v) is 17.0. The van der Waals surface area contributed by atoms with Gasteiger partial charge in [0.2, 0.25) is 0 Å². The van der Waals surface area contributed by atoms with Gasteiger partial charge in [0.05, 0.1) is 25.3 Å². The SMILES string of the molecule is COc1cc2nc(-c3ccc(C)c(NC(=O)c4ccc(F)c(F)c4)c3)[nH]c2cc1OC. The van der Waals surface area contributed by atoms with E-state index in [2.05, 4.69) is 15.3 Å². The number of aryl methyl sites for hydroxylation is 1. The first-order valence-electron chi connectivity index (χ1n) is 9.38. The van der Waals surface area contributed by atoms with E-state index in [1.165, 1.54) is 6.07 Å². The van der Waals surface area contributed by atoms with Crippen LogP contribution >= 0.6 is 0 Å². The fourth-order valence-electron chi connectivity index (χ4n) is 3.21. The summed E-state index contributed by atoms with van der Waals surface area (Å²) >= 11 is 0. The van der Waals surface area contributed by atoms with Crippen LogP contribution in [0.25, 0.3) is 22.4 Å². The number of nitrogens with one attached hydrogen (secondary N) is 2. The first-order valence-corrected chi connectivity index (χ1v) is 9.38. The van der Waals surface area contributed by atoms with E-state index in [0.717, 1.165) is 28.8 Å². The van der Waals surface area contributed by atoms with Crippen molar-refractivity contribution in [3.8, 4) is 22.9 Å². The first kappa shape index (κ1) is 20.3. The number of halogens is 2. The summed E-state index contributed by atoms with van der Waals surface area (Å²) in [6.45, 7) is 1.83. The second-order valence-electron chi connectivity index (χ2n) is 6.92. The molecule has 0 aliphatic rings. The molecule has 0 aliphatic carbocycles. The predicted octanol–water partition coefficient (Wildman–Crippen LogP) is 5.09. The van der Waals surface area contributed by atoms with E-state index < -0.39 is 17.5 Å². The molecule has 0 bridgehead atoms. The molecule has 158 valence electrons. The molecule has 0 radical (unpaired) electrons. The number of aromatic nitrogens is 2. The lowest BCUT2D eigenvalue weighted by atomic mass is 10.1. The van der Waals surface area contributed by atoms with E-state index in [0.29, 0.717) is 28.5 Å². The quantitative estimate of drug-likeness (QED) is 0.469. The molecule has 2 N–H and O–H groups in total. The second kappa shape index (κ2) is 8.06. The number of methoxy groups -OCH3 is 2. The largest absolute Gasteiger partial charge is 0.493 e. The Hall–Kier alpha value is -3.94. The van der Waals surface area contributed by atoms with Crippen LogP contribution in [0.3, 0.4) is 0 Å². The summed E-state index contributed by atoms with van der Waals surface area (Å²) in [6.07, 6.45) is 0. The molecule has 0 unspecified atom stereocenters. The van der Waals surface area contributed by atoms with Crippen molar-refractivity contribution in [3.63, 3.8) is 0 Å². The maximum Gasteiger partial charge on any atom is 0.255 e. The van der Waals surface area contributed by atoms with Crippen LogP contribution in [0.4, 0.5) is 14.5 Å². The van der Waals surface area contributed by atoms with Crippen LogP contribution in [-0.4, -0.2) is 30.1 Å². The molecule has 0 spiro atoms. The third-order valence-corrected chi connectivity index (χ3v) is 4.93. The van der Waals surface area contributed by atoms with Crippen LogP contribution in [0.5, 0.6) is 11.5 Å². The summed E-state index contributed by atoms with van der Waals surface area (Å²) in [5, 5.41) is 2.74. The van der Waals surface area contributed by atoms with Gasteiger partial charge in [-0.1, -0.05) is 12.1 Å². The number of hydrogen-bond donors (Lipinski definition) is 2. The minimum Gasteiger partial charge on any atom is -0.493 e. The number of carbonyl (C=O) groups is 1. The number of carbonyl (C=O) groups excluding carboxylic acids is 1. The smallest absolute Gasteiger partial charge is 0.255 e. The highest BCUT2D eigenvalue weighted by Crippen LogP contribution is 2.33. The molecule has 8 heteroatoms. The molecule has 0 aliphatic heterocycles. The van der Waals surface area contributed by atoms with Gasteiger partial charge in [0.25, 0.3) is 5.91 Å². The van der Waals surface area contributed by atoms with Crippen molar-refractivity contribution in [2.45, 2.75) is 6.92 Å². The Morgan fingerprint density at radius 3 is 2.42 bits per heavy atom. The number of fused-ring (bicyclic) bond motifs is 1. The highest BCUT2D eigenvalue weighted by molar-refractivity contribution is 6.05. The van der Waals surface area contributed by atoms with Gasteiger partial charge in [-0.3, -0.25) is 4.79 Å². The first-order chi connectivity index (χ1) is 14.9. The van der Waals surface area contributed by atoms with Crippen LogP contribution < -0.4 is 14.8 Å². The van der Waals surface area contributed by atoms with Gasteiger partial charge in [-0.2, -0.15) is 0 Å². The minimum absolute atomic E-state index is 0.0200. The van der Waals surface area contributed by atoms with E-state index >= 15 is 0 Å². The third kappa shape index (κ3) is 3.92. The van der Waals surface area contributed by atoms with Crippen molar-refractivity contribution in [3.05, 3.63) is 71.3 Å². The third-order valence-electron chi connectivity index (χ3n) is 4.93. The van der Waals surface area contributed by atoms with Crippen molar-refractivity contribution in [2.24, 2.45) is 0 Å². The minimum atomic E-state index is -1.08. The number of benzene rings is 3. The van der Waals surface area contributed by atoms with Gasteiger partial charge in [0.1, 0.15) is 5.82 Å². The molecule has 4 aromatic rings. The van der Waals surface area contributed by atoms with Gasteiger partial charge < -0.3 is 19.8 Å². The molecule has 0 saturated carbocycles. The maximum absolute atomic E-state index is 13.5. The number of ether oxygens (including phenoxy) is 2. The van der Waals surface area contributed by atoms with Crippen LogP contribution in [0.15, 0.2) is 48.5 Å². The molecule has 31 heavy (non-hydrogen) atoms. The van der Waals surface area contributed by atoms with E-state index in [1.54, 1.807) is 32.4 Å². The second-order valence-corrected chi connectivity index (χ2v) is 6.92. The lowest BCUT2D eigenvalue weighted by Gasteiger charge is -2.10. The molecule has 0 saturated heterocycles. The fourth-order valence-corrected chi connectivity index (χ4v) is 3.21. The van der Waals surface area contributed by atoms with E-state index in [1.807, 2.05) is 19.1 Å². The predicted molar refractivity (Wildman–Crippen MR) is 114 cm³/mol. The van der Waals surface area contributed by atoms with Crippen LogP contribution in [0, 0.1) is 18.6 Å². The van der Waals surface area contributed by atoms with Gasteiger partial charge >= 0.3 is 0 Å². The van der Waals surface area contributed by atoms with Gasteiger partial charge in [0.15, 0.2) is 23.1 Å². The lowest BCUT2D eigenvalue weighted by molar-refractivity contribution is 0.102. The number of rotatable bonds is 5. The highest BCUT2D eigenvalue weighted by atomic mass is 19.2. The van der Waals surface area contributed by atoms with Crippen molar-refractivity contribution in [1.29, 1.82) is 0 Å². The number of hydrogen-bond acceptors (Lipinski definition) is 4. The van der Waals surface area contributed by atoms with Crippen LogP contribution in [0.1, 0.15) is 15.9 Å². The average molecular weight is 423 g/mol. The van der Waals surface area contributed by atoms with E-state index in [-0.39, 0.29) is 5.56 Å². The molecule has 1 heterocycles. The molecular weight excluding hydrogens is 404 g/mol. The molecule has 4 rings (SSSR count). The average Bonchev–Trinajstić information content (AvgIpc) is 3.18. The van der Waals surface area contributed by atoms with E-state index in [4.69, 9.17) is 9.47 Å². The van der Waals surface area contributed by atoms with Crippen LogP contribution in [-0.2, 0) is 0 Å². The summed E-state index contributed by atoms with van der Waals surface area (Å²) < 4.78 is 37.3. The Morgan fingerprint density at radius 1 is 0.968 bits per heavy atom. The zero-order valence-electron chi connectivity index (χ0n) is 17.0. The monoisotopic (exact) mass is 423 g/mol. The molecule has 0 fully saturated rings. The van der Waals surface area contributed by atoms with Gasteiger partial charge in [0, 0.05) is 28.9 Å². The molecule has 1 aromatic heterocycles. The molecule has 6 nitrogen and oxygen atoms in total. The summed E-state index contributed by atoms with van der Waals surface area (Å²) in [5.74, 6) is -0.893. The summed E-state index contributed by atoms with van der Waals surface area (Å²) in [7, 11) is 3.11. The Kier molecular flexibility index (Phi) is 5.29. The highest BCUT2D eigenvalue weighted by Gasteiger charge is 2.14. The van der Waals surface area contributed by atoms with Gasteiger partial charge in [-0.15, -0.1) is 0 Å². The topological polar surface area (TPSA) is 76.2 Å². The zero-order chi connectivity index (χ0) is 22.1. The van der Waals surface area contributed by atoms with Crippen molar-refractivity contribution >= 4 is 22.6 Å². The number of nitrogens with zero attached hydrogens (tertiary/aromatic N) is 1. The van der Waals surface area contributed by atoms with Gasteiger partial charge in [-0.25, -0.2) is 13.8 Å². The van der Waals surface area contributed by atoms with Crippen LogP contribution in [0.2, 0.25) is 0 Å². The standard InChI is InChI=1S/C23H19F2N3O3/c1-12-4-5-13(9-17(12)28-23(29)14-6-7-15(24)16(25)8-14)22-26-18-10-20(30-2)21(31-3)11-19(18)27-22/h4-11H,1-3H3,(H,26,27)(H,28,29). The maximum atomic E-state index is 13.5. The van der Waals surface area contributed by atoms with Crippen molar-refractivity contribution in [1.82, 2.24) is 9.97 Å². The van der Waals surface area contributed by atoms with E-state index in [9.17, 15) is 13.6 Å². The molecule has 3 aromatic carbocycles. The Balaban J connectivity index is 1.67. The number of amides is 1. The van der Waals surface area contributed by atoms with Crippen molar-refractivity contribution in [2.75, 3.05) is 19.5 Å². The number of imidazole rings is 1.